The normalized spacial score (nSPS) is 15.2. The van der Waals surface area contributed by atoms with Gasteiger partial charge in [0.1, 0.15) is 0 Å². The maximum absolute atomic E-state index is 11.7. The minimum Gasteiger partial charge on any atom is -0.340 e. The number of carbonyl (C=O) groups excluding carboxylic acids is 2. The summed E-state index contributed by atoms with van der Waals surface area (Å²) >= 11 is 0. The summed E-state index contributed by atoms with van der Waals surface area (Å²) in [6.07, 6.45) is 0.692. The summed E-state index contributed by atoms with van der Waals surface area (Å²) < 4.78 is 2.25. The van der Waals surface area contributed by atoms with Crippen LogP contribution in [-0.4, -0.2) is 22.0 Å². The van der Waals surface area contributed by atoms with Crippen molar-refractivity contribution in [3.05, 3.63) is 47.5 Å². The van der Waals surface area contributed by atoms with Crippen molar-refractivity contribution in [2.24, 2.45) is 5.16 Å². The molecule has 0 spiro atoms. The van der Waals surface area contributed by atoms with Gasteiger partial charge in [0, 0.05) is 47.3 Å². The fraction of sp³-hybridized carbons (Fsp3) is 0.211. The van der Waals surface area contributed by atoms with E-state index < -0.39 is 5.97 Å². The molecule has 0 bridgehead atoms. The van der Waals surface area contributed by atoms with Crippen LogP contribution in [0.25, 0.3) is 21.8 Å². The molecule has 5 heteroatoms. The van der Waals surface area contributed by atoms with Gasteiger partial charge in [-0.1, -0.05) is 23.4 Å². The van der Waals surface area contributed by atoms with Crippen LogP contribution in [0.1, 0.15) is 36.2 Å². The number of nitrogens with zero attached hydrogens (tertiary/aromatic N) is 2. The molecule has 0 saturated heterocycles. The fourth-order valence-electron chi connectivity index (χ4n) is 3.41. The smallest absolute Gasteiger partial charge is 0.331 e. The van der Waals surface area contributed by atoms with Gasteiger partial charge in [-0.15, -0.1) is 0 Å². The summed E-state index contributed by atoms with van der Waals surface area (Å²) in [5.74, 6) is -0.368. The zero-order valence-electron chi connectivity index (χ0n) is 13.5. The van der Waals surface area contributed by atoms with Crippen LogP contribution in [0.2, 0.25) is 0 Å². The molecule has 120 valence electrons. The van der Waals surface area contributed by atoms with E-state index in [2.05, 4.69) is 15.8 Å². The van der Waals surface area contributed by atoms with Crippen molar-refractivity contribution in [2.75, 3.05) is 0 Å². The molecule has 0 amide bonds. The lowest BCUT2D eigenvalue weighted by atomic mass is 10.0. The molecule has 0 radical (unpaired) electrons. The van der Waals surface area contributed by atoms with Gasteiger partial charge in [0.25, 0.3) is 0 Å². The van der Waals surface area contributed by atoms with Crippen LogP contribution in [0, 0.1) is 0 Å². The number of hydrogen-bond acceptors (Lipinski definition) is 4. The minimum atomic E-state index is -0.424. The van der Waals surface area contributed by atoms with Crippen molar-refractivity contribution >= 4 is 39.3 Å². The van der Waals surface area contributed by atoms with Gasteiger partial charge >= 0.3 is 5.97 Å². The van der Waals surface area contributed by atoms with Gasteiger partial charge in [-0.3, -0.25) is 4.79 Å². The maximum atomic E-state index is 11.7. The van der Waals surface area contributed by atoms with Crippen molar-refractivity contribution in [2.45, 2.75) is 26.8 Å². The summed E-state index contributed by atoms with van der Waals surface area (Å²) in [7, 11) is 0. The van der Waals surface area contributed by atoms with Crippen molar-refractivity contribution in [3.8, 4) is 0 Å². The van der Waals surface area contributed by atoms with Crippen molar-refractivity contribution in [1.82, 2.24) is 4.57 Å². The highest BCUT2D eigenvalue weighted by Crippen LogP contribution is 2.35. The number of Topliss-reactive ketones (excluding diaryl/α,β-unsaturated/α-hetero) is 1. The molecular formula is C19H16N2O3. The van der Waals surface area contributed by atoms with Crippen LogP contribution in [0.4, 0.5) is 0 Å². The SMILES string of the molecule is CC(=O)O/N=C1\CCn2c3ccc(C(C)=O)cc3c3cccc1c32. The zero-order chi connectivity index (χ0) is 16.8. The summed E-state index contributed by atoms with van der Waals surface area (Å²) in [6, 6.07) is 11.8. The average Bonchev–Trinajstić information content (AvgIpc) is 2.89. The molecule has 0 unspecified atom stereocenters. The first-order valence-corrected chi connectivity index (χ1v) is 7.87. The van der Waals surface area contributed by atoms with Crippen molar-refractivity contribution in [3.63, 3.8) is 0 Å². The van der Waals surface area contributed by atoms with E-state index in [4.69, 9.17) is 4.84 Å². The highest BCUT2D eigenvalue weighted by molar-refractivity contribution is 6.19. The molecule has 2 aromatic carbocycles. The highest BCUT2D eigenvalue weighted by Gasteiger charge is 2.22. The molecule has 0 N–H and O–H groups in total. The minimum absolute atomic E-state index is 0.0564. The molecular weight excluding hydrogens is 304 g/mol. The Morgan fingerprint density at radius 3 is 2.71 bits per heavy atom. The number of aryl methyl sites for hydroxylation is 1. The first kappa shape index (κ1) is 14.6. The molecule has 5 nitrogen and oxygen atoms in total. The number of benzene rings is 2. The molecule has 0 fully saturated rings. The van der Waals surface area contributed by atoms with E-state index in [0.717, 1.165) is 39.6 Å². The molecule has 0 atom stereocenters. The lowest BCUT2D eigenvalue weighted by Crippen LogP contribution is -2.15. The Hall–Kier alpha value is -2.95. The number of para-hydroxylation sites is 1. The van der Waals surface area contributed by atoms with E-state index in [1.54, 1.807) is 6.92 Å². The van der Waals surface area contributed by atoms with Gasteiger partial charge in [-0.05, 0) is 25.1 Å². The Morgan fingerprint density at radius 1 is 1.12 bits per heavy atom. The lowest BCUT2D eigenvalue weighted by molar-refractivity contribution is -0.140. The number of hydrogen-bond donors (Lipinski definition) is 0. The molecule has 1 aliphatic heterocycles. The van der Waals surface area contributed by atoms with E-state index >= 15 is 0 Å². The number of carbonyl (C=O) groups is 2. The molecule has 0 aliphatic carbocycles. The van der Waals surface area contributed by atoms with E-state index in [-0.39, 0.29) is 5.78 Å². The molecule has 2 heterocycles. The van der Waals surface area contributed by atoms with Crippen LogP contribution in [0.5, 0.6) is 0 Å². The van der Waals surface area contributed by atoms with Crippen molar-refractivity contribution < 1.29 is 14.4 Å². The van der Waals surface area contributed by atoms with E-state index in [0.29, 0.717) is 12.0 Å². The second-order valence-corrected chi connectivity index (χ2v) is 6.01. The third kappa shape index (κ3) is 2.12. The Bertz CT molecular complexity index is 1040. The number of rotatable bonds is 2. The molecule has 1 aliphatic rings. The van der Waals surface area contributed by atoms with Gasteiger partial charge in [0.15, 0.2) is 5.78 Å². The Balaban J connectivity index is 2.02. The van der Waals surface area contributed by atoms with Crippen LogP contribution in [-0.2, 0) is 16.2 Å². The number of ketones is 1. The zero-order valence-corrected chi connectivity index (χ0v) is 13.5. The summed E-state index contributed by atoms with van der Waals surface area (Å²) in [4.78, 5) is 27.6. The predicted octanol–water partition coefficient (Wildman–Crippen LogP) is 3.67. The predicted molar refractivity (Wildman–Crippen MR) is 92.4 cm³/mol. The molecule has 3 aromatic rings. The van der Waals surface area contributed by atoms with E-state index in [1.165, 1.54) is 6.92 Å². The second-order valence-electron chi connectivity index (χ2n) is 6.01. The second kappa shape index (κ2) is 5.30. The van der Waals surface area contributed by atoms with Crippen LogP contribution >= 0.6 is 0 Å². The van der Waals surface area contributed by atoms with E-state index in [9.17, 15) is 9.59 Å². The number of oxime groups is 1. The largest absolute Gasteiger partial charge is 0.340 e. The standard InChI is InChI=1S/C19H16N2O3/c1-11(22)13-6-7-18-16(10-13)14-4-3-5-15-17(20-24-12(2)23)8-9-21(18)19(14)15/h3-7,10H,8-9H2,1-2H3/b20-17+. The summed E-state index contributed by atoms with van der Waals surface area (Å²) in [5, 5.41) is 6.17. The van der Waals surface area contributed by atoms with Crippen LogP contribution in [0.15, 0.2) is 41.6 Å². The first-order chi connectivity index (χ1) is 11.6. The van der Waals surface area contributed by atoms with Crippen molar-refractivity contribution in [1.29, 1.82) is 0 Å². The topological polar surface area (TPSA) is 60.7 Å². The average molecular weight is 320 g/mol. The third-order valence-corrected chi connectivity index (χ3v) is 4.46. The third-order valence-electron chi connectivity index (χ3n) is 4.46. The quantitative estimate of drug-likeness (QED) is 0.411. The maximum Gasteiger partial charge on any atom is 0.331 e. The summed E-state index contributed by atoms with van der Waals surface area (Å²) in [6.45, 7) is 3.68. The number of aromatic nitrogens is 1. The monoisotopic (exact) mass is 320 g/mol. The van der Waals surface area contributed by atoms with Gasteiger partial charge in [0.05, 0.1) is 11.2 Å². The lowest BCUT2D eigenvalue weighted by Gasteiger charge is -2.17. The molecule has 1 aromatic heterocycles. The van der Waals surface area contributed by atoms with Gasteiger partial charge in [-0.25, -0.2) is 4.79 Å². The Morgan fingerprint density at radius 2 is 1.96 bits per heavy atom. The Labute approximate surface area is 138 Å². The fourth-order valence-corrected chi connectivity index (χ4v) is 3.41. The van der Waals surface area contributed by atoms with Gasteiger partial charge in [-0.2, -0.15) is 0 Å². The van der Waals surface area contributed by atoms with Gasteiger partial charge in [0.2, 0.25) is 0 Å². The highest BCUT2D eigenvalue weighted by atomic mass is 16.7. The van der Waals surface area contributed by atoms with E-state index in [1.807, 2.05) is 30.3 Å². The molecule has 24 heavy (non-hydrogen) atoms. The Kier molecular flexibility index (Phi) is 3.23. The molecule has 0 saturated carbocycles. The van der Waals surface area contributed by atoms with Gasteiger partial charge < -0.3 is 9.40 Å². The van der Waals surface area contributed by atoms with Crippen LogP contribution in [0.3, 0.4) is 0 Å². The number of fused-ring (bicyclic) bond motifs is 3. The molecule has 4 rings (SSSR count). The van der Waals surface area contributed by atoms with Crippen LogP contribution < -0.4 is 0 Å². The summed E-state index contributed by atoms with van der Waals surface area (Å²) in [5.41, 5.74) is 4.64. The first-order valence-electron chi connectivity index (χ1n) is 7.87.